The second-order valence-corrected chi connectivity index (χ2v) is 6.11. The Kier molecular flexibility index (Phi) is 10.6. The number of rotatable bonds is 9. The number of guanidine groups is 1. The maximum Gasteiger partial charge on any atom is 0.188 e. The van der Waals surface area contributed by atoms with Gasteiger partial charge in [-0.1, -0.05) is 20.3 Å². The van der Waals surface area contributed by atoms with Crippen LogP contribution in [0.15, 0.2) is 4.99 Å². The molecule has 0 radical (unpaired) electrons. The fraction of sp³-hybridized carbons (Fsp3) is 0.933. The van der Waals surface area contributed by atoms with E-state index in [1.54, 1.807) is 0 Å². The van der Waals surface area contributed by atoms with Crippen LogP contribution in [0.25, 0.3) is 0 Å². The Morgan fingerprint density at radius 2 is 2.10 bits per heavy atom. The lowest BCUT2D eigenvalue weighted by Crippen LogP contribution is -2.38. The highest BCUT2D eigenvalue weighted by Crippen LogP contribution is 2.44. The van der Waals surface area contributed by atoms with Crippen LogP contribution in [0.3, 0.4) is 0 Å². The van der Waals surface area contributed by atoms with Crippen molar-refractivity contribution < 1.29 is 4.74 Å². The van der Waals surface area contributed by atoms with Gasteiger partial charge in [-0.05, 0) is 43.9 Å². The summed E-state index contributed by atoms with van der Waals surface area (Å²) in [6.07, 6.45) is 6.10. The number of nitrogens with one attached hydrogen (secondary N) is 1. The lowest BCUT2D eigenvalue weighted by Gasteiger charge is -2.40. The Morgan fingerprint density at radius 1 is 1.40 bits per heavy atom. The molecule has 0 amide bonds. The Hall–Kier alpha value is -0.0400. The smallest absolute Gasteiger partial charge is 0.188 e. The average molecular weight is 397 g/mol. The molecule has 1 aliphatic rings. The van der Waals surface area contributed by atoms with Crippen LogP contribution in [-0.2, 0) is 4.74 Å². The lowest BCUT2D eigenvalue weighted by molar-refractivity contribution is 0.0609. The van der Waals surface area contributed by atoms with Crippen LogP contribution in [0.1, 0.15) is 52.9 Å². The van der Waals surface area contributed by atoms with E-state index in [4.69, 9.17) is 10.5 Å². The molecule has 1 fully saturated rings. The molecule has 0 saturated heterocycles. The third kappa shape index (κ3) is 7.67. The lowest BCUT2D eigenvalue weighted by atomic mass is 9.67. The van der Waals surface area contributed by atoms with Crippen molar-refractivity contribution in [1.29, 1.82) is 0 Å². The van der Waals surface area contributed by atoms with E-state index in [2.05, 4.69) is 24.2 Å². The van der Waals surface area contributed by atoms with E-state index in [0.29, 0.717) is 17.3 Å². The second-order valence-electron chi connectivity index (χ2n) is 6.11. The predicted octanol–water partition coefficient (Wildman–Crippen LogP) is 3.15. The second kappa shape index (κ2) is 10.7. The van der Waals surface area contributed by atoms with Gasteiger partial charge in [0.05, 0.1) is 0 Å². The molecule has 1 rings (SSSR count). The summed E-state index contributed by atoms with van der Waals surface area (Å²) in [5, 5.41) is 3.20. The van der Waals surface area contributed by atoms with Gasteiger partial charge in [-0.25, -0.2) is 0 Å². The minimum Gasteiger partial charge on any atom is -0.382 e. The van der Waals surface area contributed by atoms with Gasteiger partial charge in [0, 0.05) is 26.3 Å². The zero-order chi connectivity index (χ0) is 14.1. The first-order valence-electron chi connectivity index (χ1n) is 7.69. The normalized spacial score (nSPS) is 17.5. The minimum atomic E-state index is 0. The Labute approximate surface area is 141 Å². The SMILES string of the molecule is CCOCCC1(CN=C(N)NCCC(C)C)CCC1.I. The van der Waals surface area contributed by atoms with E-state index in [1.165, 1.54) is 19.3 Å². The zero-order valence-electron chi connectivity index (χ0n) is 13.3. The molecule has 4 nitrogen and oxygen atoms in total. The van der Waals surface area contributed by atoms with Crippen LogP contribution in [0.2, 0.25) is 0 Å². The van der Waals surface area contributed by atoms with Crippen LogP contribution in [0.4, 0.5) is 0 Å². The molecule has 0 heterocycles. The molecule has 0 aliphatic heterocycles. The maximum absolute atomic E-state index is 5.91. The van der Waals surface area contributed by atoms with Crippen LogP contribution < -0.4 is 11.1 Å². The fourth-order valence-electron chi connectivity index (χ4n) is 2.39. The number of aliphatic imine (C=N–C) groups is 1. The van der Waals surface area contributed by atoms with Gasteiger partial charge < -0.3 is 15.8 Å². The average Bonchev–Trinajstić information content (AvgIpc) is 2.31. The molecule has 0 aromatic heterocycles. The van der Waals surface area contributed by atoms with Crippen LogP contribution >= 0.6 is 24.0 Å². The summed E-state index contributed by atoms with van der Waals surface area (Å²) in [5.41, 5.74) is 6.27. The van der Waals surface area contributed by atoms with Gasteiger partial charge in [0.1, 0.15) is 0 Å². The van der Waals surface area contributed by atoms with Gasteiger partial charge in [0.2, 0.25) is 0 Å². The number of nitrogens with zero attached hydrogens (tertiary/aromatic N) is 1. The molecule has 0 unspecified atom stereocenters. The summed E-state index contributed by atoms with van der Waals surface area (Å²) in [4.78, 5) is 4.52. The standard InChI is InChI=1S/C15H31N3O.HI/c1-4-19-11-9-15(7-5-8-15)12-18-14(16)17-10-6-13(2)3;/h13H,4-12H2,1-3H3,(H3,16,17,18);1H. The third-order valence-corrected chi connectivity index (χ3v) is 4.01. The molecule has 0 aromatic carbocycles. The van der Waals surface area contributed by atoms with Crippen molar-refractivity contribution >= 4 is 29.9 Å². The highest BCUT2D eigenvalue weighted by molar-refractivity contribution is 14.0. The van der Waals surface area contributed by atoms with Gasteiger partial charge >= 0.3 is 0 Å². The van der Waals surface area contributed by atoms with Crippen molar-refractivity contribution in [2.75, 3.05) is 26.3 Å². The van der Waals surface area contributed by atoms with Gasteiger partial charge in [-0.15, -0.1) is 24.0 Å². The molecule has 0 bridgehead atoms. The molecule has 3 N–H and O–H groups in total. The van der Waals surface area contributed by atoms with E-state index in [-0.39, 0.29) is 24.0 Å². The van der Waals surface area contributed by atoms with Gasteiger partial charge in [0.15, 0.2) is 5.96 Å². The summed E-state index contributed by atoms with van der Waals surface area (Å²) in [6.45, 7) is 9.89. The van der Waals surface area contributed by atoms with Crippen LogP contribution in [0.5, 0.6) is 0 Å². The molecule has 0 aromatic rings. The molecule has 120 valence electrons. The number of halogens is 1. The Morgan fingerprint density at radius 3 is 2.60 bits per heavy atom. The fourth-order valence-corrected chi connectivity index (χ4v) is 2.39. The Bertz CT molecular complexity index is 278. The van der Waals surface area contributed by atoms with Crippen molar-refractivity contribution in [3.63, 3.8) is 0 Å². The van der Waals surface area contributed by atoms with E-state index < -0.39 is 0 Å². The quantitative estimate of drug-likeness (QED) is 0.272. The van der Waals surface area contributed by atoms with Crippen LogP contribution in [0, 0.1) is 11.3 Å². The zero-order valence-corrected chi connectivity index (χ0v) is 15.6. The first kappa shape index (κ1) is 20.0. The first-order valence-corrected chi connectivity index (χ1v) is 7.69. The molecule has 1 saturated carbocycles. The van der Waals surface area contributed by atoms with E-state index >= 15 is 0 Å². The van der Waals surface area contributed by atoms with Crippen molar-refractivity contribution in [1.82, 2.24) is 5.32 Å². The van der Waals surface area contributed by atoms with Crippen molar-refractivity contribution in [2.45, 2.75) is 52.9 Å². The highest BCUT2D eigenvalue weighted by Gasteiger charge is 2.36. The number of hydrogen-bond acceptors (Lipinski definition) is 2. The summed E-state index contributed by atoms with van der Waals surface area (Å²) in [5.74, 6) is 1.30. The summed E-state index contributed by atoms with van der Waals surface area (Å²) < 4.78 is 5.47. The van der Waals surface area contributed by atoms with Crippen molar-refractivity contribution in [3.05, 3.63) is 0 Å². The van der Waals surface area contributed by atoms with Crippen LogP contribution in [-0.4, -0.2) is 32.3 Å². The molecular formula is C15H32IN3O. The summed E-state index contributed by atoms with van der Waals surface area (Å²) in [7, 11) is 0. The van der Waals surface area contributed by atoms with Crippen molar-refractivity contribution in [3.8, 4) is 0 Å². The third-order valence-electron chi connectivity index (χ3n) is 4.01. The molecule has 1 aliphatic carbocycles. The van der Waals surface area contributed by atoms with E-state index in [0.717, 1.165) is 39.1 Å². The molecular weight excluding hydrogens is 365 g/mol. The highest BCUT2D eigenvalue weighted by atomic mass is 127. The molecule has 5 heteroatoms. The topological polar surface area (TPSA) is 59.6 Å². The molecule has 20 heavy (non-hydrogen) atoms. The van der Waals surface area contributed by atoms with Gasteiger partial charge in [0.25, 0.3) is 0 Å². The first-order chi connectivity index (χ1) is 9.08. The predicted molar refractivity (Wildman–Crippen MR) is 96.8 cm³/mol. The van der Waals surface area contributed by atoms with E-state index in [9.17, 15) is 0 Å². The molecule has 0 atom stereocenters. The number of nitrogens with two attached hydrogens (primary N) is 1. The molecule has 0 spiro atoms. The minimum absolute atomic E-state index is 0. The largest absolute Gasteiger partial charge is 0.382 e. The monoisotopic (exact) mass is 397 g/mol. The summed E-state index contributed by atoms with van der Waals surface area (Å²) >= 11 is 0. The van der Waals surface area contributed by atoms with Crippen molar-refractivity contribution in [2.24, 2.45) is 22.1 Å². The maximum atomic E-state index is 5.91. The van der Waals surface area contributed by atoms with Gasteiger partial charge in [-0.2, -0.15) is 0 Å². The number of hydrogen-bond donors (Lipinski definition) is 2. The Balaban J connectivity index is 0.00000361. The number of ether oxygens (including phenoxy) is 1. The van der Waals surface area contributed by atoms with Gasteiger partial charge in [-0.3, -0.25) is 4.99 Å². The summed E-state index contributed by atoms with van der Waals surface area (Å²) in [6, 6.07) is 0. The van der Waals surface area contributed by atoms with E-state index in [1.807, 2.05) is 6.92 Å².